The van der Waals surface area contributed by atoms with E-state index < -0.39 is 0 Å². The monoisotopic (exact) mass is 312 g/mol. The van der Waals surface area contributed by atoms with Crippen LogP contribution in [0.2, 0.25) is 0 Å². The third-order valence-electron chi connectivity index (χ3n) is 3.83. The zero-order valence-electron chi connectivity index (χ0n) is 13.3. The Morgan fingerprint density at radius 3 is 2.61 bits per heavy atom. The van der Waals surface area contributed by atoms with Gasteiger partial charge in [0.15, 0.2) is 11.5 Å². The lowest BCUT2D eigenvalue weighted by Crippen LogP contribution is -2.29. The molecule has 0 fully saturated rings. The van der Waals surface area contributed by atoms with Crippen molar-refractivity contribution in [3.05, 3.63) is 53.1 Å². The fourth-order valence-electron chi connectivity index (χ4n) is 2.58. The maximum Gasteiger partial charge on any atom is 0.239 e. The lowest BCUT2D eigenvalue weighted by atomic mass is 10.1. The Kier molecular flexibility index (Phi) is 4.37. The average Bonchev–Trinajstić information content (AvgIpc) is 3.00. The number of carbonyl (C=O) groups excluding carboxylic acids is 1. The summed E-state index contributed by atoms with van der Waals surface area (Å²) < 4.78 is 10.6. The molecule has 2 N–H and O–H groups in total. The second kappa shape index (κ2) is 6.60. The largest absolute Gasteiger partial charge is 0.454 e. The van der Waals surface area contributed by atoms with Crippen LogP contribution in [-0.2, 0) is 11.3 Å². The van der Waals surface area contributed by atoms with E-state index in [2.05, 4.69) is 10.6 Å². The highest BCUT2D eigenvalue weighted by Crippen LogP contribution is 2.32. The normalized spacial score (nSPS) is 12.1. The first-order chi connectivity index (χ1) is 11.1. The maximum atomic E-state index is 12.0. The van der Waals surface area contributed by atoms with E-state index in [-0.39, 0.29) is 19.2 Å². The van der Waals surface area contributed by atoms with Crippen molar-refractivity contribution in [2.24, 2.45) is 0 Å². The van der Waals surface area contributed by atoms with Gasteiger partial charge in [-0.2, -0.15) is 0 Å². The Labute approximate surface area is 135 Å². The van der Waals surface area contributed by atoms with E-state index >= 15 is 0 Å². The van der Waals surface area contributed by atoms with Gasteiger partial charge in [-0.15, -0.1) is 0 Å². The van der Waals surface area contributed by atoms with E-state index in [1.54, 1.807) is 0 Å². The number of hydrogen-bond acceptors (Lipinski definition) is 4. The van der Waals surface area contributed by atoms with Gasteiger partial charge in [0.1, 0.15) is 0 Å². The topological polar surface area (TPSA) is 59.6 Å². The van der Waals surface area contributed by atoms with Crippen molar-refractivity contribution in [3.8, 4) is 11.5 Å². The van der Waals surface area contributed by atoms with Crippen LogP contribution in [0.3, 0.4) is 0 Å². The zero-order valence-corrected chi connectivity index (χ0v) is 13.3. The molecule has 0 radical (unpaired) electrons. The van der Waals surface area contributed by atoms with Crippen LogP contribution in [0.25, 0.3) is 0 Å². The molecule has 120 valence electrons. The Hall–Kier alpha value is -2.69. The summed E-state index contributed by atoms with van der Waals surface area (Å²) in [6, 6.07) is 11.7. The molecular weight excluding hydrogens is 292 g/mol. The van der Waals surface area contributed by atoms with Crippen LogP contribution in [0.5, 0.6) is 11.5 Å². The summed E-state index contributed by atoms with van der Waals surface area (Å²) in [6.45, 7) is 5.02. The van der Waals surface area contributed by atoms with E-state index in [9.17, 15) is 4.79 Å². The van der Waals surface area contributed by atoms with Gasteiger partial charge >= 0.3 is 0 Å². The Balaban J connectivity index is 1.52. The molecule has 1 aliphatic heterocycles. The number of ether oxygens (including phenoxy) is 2. The highest BCUT2D eigenvalue weighted by molar-refractivity contribution is 5.81. The fraction of sp³-hybridized carbons (Fsp3) is 0.278. The molecule has 1 heterocycles. The molecular formula is C18H20N2O3. The molecule has 0 bridgehead atoms. The summed E-state index contributed by atoms with van der Waals surface area (Å²) in [5.74, 6) is 1.42. The van der Waals surface area contributed by atoms with Crippen LogP contribution in [0, 0.1) is 13.8 Å². The van der Waals surface area contributed by atoms with E-state index in [4.69, 9.17) is 9.47 Å². The van der Waals surface area contributed by atoms with Crippen LogP contribution in [-0.4, -0.2) is 19.2 Å². The van der Waals surface area contributed by atoms with Gasteiger partial charge in [-0.25, -0.2) is 0 Å². The Morgan fingerprint density at radius 1 is 1.09 bits per heavy atom. The summed E-state index contributed by atoms with van der Waals surface area (Å²) in [4.78, 5) is 12.0. The van der Waals surface area contributed by atoms with Crippen molar-refractivity contribution in [1.82, 2.24) is 5.32 Å². The third kappa shape index (κ3) is 3.56. The predicted octanol–water partition coefficient (Wildman–Crippen LogP) is 2.76. The van der Waals surface area contributed by atoms with E-state index in [1.165, 1.54) is 0 Å². The number of rotatable bonds is 5. The fourth-order valence-corrected chi connectivity index (χ4v) is 2.58. The molecule has 0 aromatic heterocycles. The highest BCUT2D eigenvalue weighted by atomic mass is 16.7. The molecule has 0 saturated heterocycles. The second-order valence-electron chi connectivity index (χ2n) is 5.58. The average molecular weight is 312 g/mol. The number of nitrogens with one attached hydrogen (secondary N) is 2. The number of benzene rings is 2. The van der Waals surface area contributed by atoms with Gasteiger partial charge in [0.2, 0.25) is 12.7 Å². The highest BCUT2D eigenvalue weighted by Gasteiger charge is 2.13. The lowest BCUT2D eigenvalue weighted by molar-refractivity contribution is -0.119. The van der Waals surface area contributed by atoms with Gasteiger partial charge in [-0.3, -0.25) is 4.79 Å². The molecule has 0 saturated carbocycles. The minimum Gasteiger partial charge on any atom is -0.454 e. The van der Waals surface area contributed by atoms with Gasteiger partial charge in [0.05, 0.1) is 6.54 Å². The van der Waals surface area contributed by atoms with Crippen LogP contribution in [0.15, 0.2) is 36.4 Å². The molecule has 0 aliphatic carbocycles. The van der Waals surface area contributed by atoms with Crippen molar-refractivity contribution in [3.63, 3.8) is 0 Å². The molecule has 1 amide bonds. The predicted molar refractivity (Wildman–Crippen MR) is 88.8 cm³/mol. The SMILES string of the molecule is Cc1cccc(C)c1NCC(=O)NCc1ccc2c(c1)OCO2. The first-order valence-electron chi connectivity index (χ1n) is 7.59. The third-order valence-corrected chi connectivity index (χ3v) is 3.83. The minimum atomic E-state index is -0.0506. The first kappa shape index (κ1) is 15.2. The number of para-hydroxylation sites is 1. The van der Waals surface area contributed by atoms with Crippen LogP contribution >= 0.6 is 0 Å². The van der Waals surface area contributed by atoms with Crippen molar-refractivity contribution in [2.75, 3.05) is 18.7 Å². The van der Waals surface area contributed by atoms with Crippen molar-refractivity contribution < 1.29 is 14.3 Å². The standard InChI is InChI=1S/C18H20N2O3/c1-12-4-3-5-13(2)18(12)20-10-17(21)19-9-14-6-7-15-16(8-14)23-11-22-15/h3-8,20H,9-11H2,1-2H3,(H,19,21). The van der Waals surface area contributed by atoms with Crippen molar-refractivity contribution in [1.29, 1.82) is 0 Å². The molecule has 23 heavy (non-hydrogen) atoms. The molecule has 5 heteroatoms. The molecule has 0 unspecified atom stereocenters. The minimum absolute atomic E-state index is 0.0506. The number of anilines is 1. The number of aryl methyl sites for hydroxylation is 2. The van der Waals surface area contributed by atoms with Crippen molar-refractivity contribution in [2.45, 2.75) is 20.4 Å². The molecule has 1 aliphatic rings. The first-order valence-corrected chi connectivity index (χ1v) is 7.59. The summed E-state index contributed by atoms with van der Waals surface area (Å²) in [5, 5.41) is 6.10. The Bertz CT molecular complexity index is 708. The van der Waals surface area contributed by atoms with Crippen LogP contribution < -0.4 is 20.1 Å². The summed E-state index contributed by atoms with van der Waals surface area (Å²) in [5.41, 5.74) is 4.27. The van der Waals surface area contributed by atoms with Gasteiger partial charge in [0.25, 0.3) is 0 Å². The molecule has 2 aromatic rings. The lowest BCUT2D eigenvalue weighted by Gasteiger charge is -2.12. The number of fused-ring (bicyclic) bond motifs is 1. The molecule has 3 rings (SSSR count). The van der Waals surface area contributed by atoms with Gasteiger partial charge in [-0.05, 0) is 42.7 Å². The number of hydrogen-bond donors (Lipinski definition) is 2. The molecule has 0 spiro atoms. The Morgan fingerprint density at radius 2 is 1.83 bits per heavy atom. The van der Waals surface area contributed by atoms with Gasteiger partial charge in [-0.1, -0.05) is 24.3 Å². The quantitative estimate of drug-likeness (QED) is 0.891. The summed E-state index contributed by atoms with van der Waals surface area (Å²) in [7, 11) is 0. The van der Waals surface area contributed by atoms with E-state index in [0.29, 0.717) is 6.54 Å². The summed E-state index contributed by atoms with van der Waals surface area (Å²) in [6.07, 6.45) is 0. The number of amides is 1. The van der Waals surface area contributed by atoms with Crippen LogP contribution in [0.4, 0.5) is 5.69 Å². The zero-order chi connectivity index (χ0) is 16.2. The number of carbonyl (C=O) groups is 1. The molecule has 2 aromatic carbocycles. The van der Waals surface area contributed by atoms with Gasteiger partial charge < -0.3 is 20.1 Å². The molecule has 0 atom stereocenters. The summed E-state index contributed by atoms with van der Waals surface area (Å²) >= 11 is 0. The van der Waals surface area contributed by atoms with Gasteiger partial charge in [0, 0.05) is 12.2 Å². The maximum absolute atomic E-state index is 12.0. The van der Waals surface area contributed by atoms with E-state index in [1.807, 2.05) is 50.2 Å². The second-order valence-corrected chi connectivity index (χ2v) is 5.58. The smallest absolute Gasteiger partial charge is 0.239 e. The molecule has 5 nitrogen and oxygen atoms in total. The van der Waals surface area contributed by atoms with Crippen LogP contribution in [0.1, 0.15) is 16.7 Å². The van der Waals surface area contributed by atoms with Crippen molar-refractivity contribution >= 4 is 11.6 Å². The van der Waals surface area contributed by atoms with E-state index in [0.717, 1.165) is 33.9 Å².